The standard InChI is InChI=1S/C21H25N3O3.2ClH/c25-20(24-13-9-21(10-14-24)8-12-22-16-21)15-26-17-4-6-18(7-5-17)27-19-3-1-2-11-23-19;;/h1-7,11,22H,8-10,12-16H2;2*1H. The van der Waals surface area contributed by atoms with Gasteiger partial charge >= 0.3 is 0 Å². The van der Waals surface area contributed by atoms with Gasteiger partial charge in [0.2, 0.25) is 5.88 Å². The predicted molar refractivity (Wildman–Crippen MR) is 116 cm³/mol. The number of nitrogens with zero attached hydrogens (tertiary/aromatic N) is 2. The molecular weight excluding hydrogens is 413 g/mol. The second-order valence-corrected chi connectivity index (χ2v) is 7.34. The monoisotopic (exact) mass is 439 g/mol. The lowest BCUT2D eigenvalue weighted by Gasteiger charge is -2.38. The number of hydrogen-bond acceptors (Lipinski definition) is 5. The number of carbonyl (C=O) groups is 1. The first-order valence-electron chi connectivity index (χ1n) is 9.53. The van der Waals surface area contributed by atoms with Crippen molar-refractivity contribution in [1.82, 2.24) is 15.2 Å². The number of aromatic nitrogens is 1. The molecule has 1 N–H and O–H groups in total. The molecule has 1 amide bonds. The Bertz CT molecular complexity index is 759. The molecule has 8 heteroatoms. The van der Waals surface area contributed by atoms with Gasteiger partial charge in [0.15, 0.2) is 6.61 Å². The highest BCUT2D eigenvalue weighted by atomic mass is 35.5. The van der Waals surface area contributed by atoms with Gasteiger partial charge in [-0.15, -0.1) is 24.8 Å². The van der Waals surface area contributed by atoms with E-state index in [1.54, 1.807) is 24.4 Å². The average Bonchev–Trinajstić information content (AvgIpc) is 3.16. The molecule has 29 heavy (non-hydrogen) atoms. The fraction of sp³-hybridized carbons (Fsp3) is 0.429. The number of nitrogens with one attached hydrogen (secondary N) is 1. The summed E-state index contributed by atoms with van der Waals surface area (Å²) in [6, 6.07) is 12.7. The Kier molecular flexibility index (Phi) is 8.56. The van der Waals surface area contributed by atoms with Crippen molar-refractivity contribution in [2.75, 3.05) is 32.8 Å². The highest BCUT2D eigenvalue weighted by Gasteiger charge is 2.37. The Labute approximate surface area is 183 Å². The molecule has 2 saturated heterocycles. The maximum atomic E-state index is 12.4. The molecule has 6 nitrogen and oxygen atoms in total. The topological polar surface area (TPSA) is 63.7 Å². The van der Waals surface area contributed by atoms with Crippen LogP contribution in [0.2, 0.25) is 0 Å². The number of benzene rings is 1. The molecule has 2 aliphatic heterocycles. The van der Waals surface area contributed by atoms with E-state index in [9.17, 15) is 4.79 Å². The van der Waals surface area contributed by atoms with Gasteiger partial charge in [0.25, 0.3) is 5.91 Å². The summed E-state index contributed by atoms with van der Waals surface area (Å²) in [6.45, 7) is 3.95. The number of carbonyl (C=O) groups excluding carboxylic acids is 1. The minimum atomic E-state index is 0. The first-order valence-corrected chi connectivity index (χ1v) is 9.53. The van der Waals surface area contributed by atoms with Crippen LogP contribution in [-0.2, 0) is 4.79 Å². The lowest BCUT2D eigenvalue weighted by Crippen LogP contribution is -2.45. The van der Waals surface area contributed by atoms with E-state index in [0.717, 1.165) is 39.0 Å². The molecule has 4 rings (SSSR count). The number of amides is 1. The van der Waals surface area contributed by atoms with Gasteiger partial charge in [-0.1, -0.05) is 6.07 Å². The maximum absolute atomic E-state index is 12.4. The van der Waals surface area contributed by atoms with Crippen LogP contribution in [0.15, 0.2) is 48.7 Å². The van der Waals surface area contributed by atoms with Gasteiger partial charge in [0.05, 0.1) is 0 Å². The largest absolute Gasteiger partial charge is 0.484 e. The first-order chi connectivity index (χ1) is 13.2. The van der Waals surface area contributed by atoms with Crippen molar-refractivity contribution in [3.63, 3.8) is 0 Å². The second-order valence-electron chi connectivity index (χ2n) is 7.34. The van der Waals surface area contributed by atoms with E-state index in [0.29, 0.717) is 22.8 Å². The van der Waals surface area contributed by atoms with Crippen LogP contribution in [0.1, 0.15) is 19.3 Å². The van der Waals surface area contributed by atoms with Crippen LogP contribution in [0.5, 0.6) is 17.4 Å². The second kappa shape index (κ2) is 10.7. The molecule has 0 atom stereocenters. The van der Waals surface area contributed by atoms with Crippen molar-refractivity contribution >= 4 is 30.7 Å². The molecule has 3 heterocycles. The van der Waals surface area contributed by atoms with Crippen LogP contribution in [-0.4, -0.2) is 48.6 Å². The Morgan fingerprint density at radius 2 is 1.76 bits per heavy atom. The van der Waals surface area contributed by atoms with Gasteiger partial charge < -0.3 is 19.7 Å². The summed E-state index contributed by atoms with van der Waals surface area (Å²) >= 11 is 0. The summed E-state index contributed by atoms with van der Waals surface area (Å²) in [7, 11) is 0. The van der Waals surface area contributed by atoms with Crippen molar-refractivity contribution in [3.05, 3.63) is 48.7 Å². The lowest BCUT2D eigenvalue weighted by molar-refractivity contribution is -0.135. The zero-order chi connectivity index (χ0) is 18.5. The van der Waals surface area contributed by atoms with Crippen molar-refractivity contribution in [1.29, 1.82) is 0 Å². The lowest BCUT2D eigenvalue weighted by atomic mass is 9.78. The van der Waals surface area contributed by atoms with Crippen molar-refractivity contribution < 1.29 is 14.3 Å². The predicted octanol–water partition coefficient (Wildman–Crippen LogP) is 3.70. The zero-order valence-corrected chi connectivity index (χ0v) is 17.8. The smallest absolute Gasteiger partial charge is 0.260 e. The molecule has 2 fully saturated rings. The molecule has 0 unspecified atom stereocenters. The number of likely N-dealkylation sites (tertiary alicyclic amines) is 1. The van der Waals surface area contributed by atoms with E-state index in [1.807, 2.05) is 29.2 Å². The molecule has 0 radical (unpaired) electrons. The number of pyridine rings is 1. The third-order valence-electron chi connectivity index (χ3n) is 5.56. The summed E-state index contributed by atoms with van der Waals surface area (Å²) in [5, 5.41) is 3.45. The SMILES string of the molecule is Cl.Cl.O=C(COc1ccc(Oc2ccccn2)cc1)N1CCC2(CCNC2)CC1. The van der Waals surface area contributed by atoms with Crippen molar-refractivity contribution in [2.24, 2.45) is 5.41 Å². The summed E-state index contributed by atoms with van der Waals surface area (Å²) < 4.78 is 11.3. The molecule has 0 bridgehead atoms. The van der Waals surface area contributed by atoms with Gasteiger partial charge in [0, 0.05) is 31.9 Å². The first kappa shape index (κ1) is 23.3. The minimum absolute atomic E-state index is 0. The quantitative estimate of drug-likeness (QED) is 0.769. The van der Waals surface area contributed by atoms with Crippen LogP contribution < -0.4 is 14.8 Å². The third kappa shape index (κ3) is 5.98. The highest BCUT2D eigenvalue weighted by molar-refractivity contribution is 5.85. The summed E-state index contributed by atoms with van der Waals surface area (Å²) in [5.74, 6) is 1.94. The molecule has 0 aliphatic carbocycles. The van der Waals surface area contributed by atoms with Crippen LogP contribution in [0.25, 0.3) is 0 Å². The average molecular weight is 440 g/mol. The van der Waals surface area contributed by atoms with Gasteiger partial charge in [-0.2, -0.15) is 0 Å². The highest BCUT2D eigenvalue weighted by Crippen LogP contribution is 2.36. The van der Waals surface area contributed by atoms with Crippen molar-refractivity contribution in [3.8, 4) is 17.4 Å². The van der Waals surface area contributed by atoms with Gasteiger partial charge in [-0.05, 0) is 61.6 Å². The Balaban J connectivity index is 0.00000150. The van der Waals surface area contributed by atoms with Crippen molar-refractivity contribution in [2.45, 2.75) is 19.3 Å². The molecule has 158 valence electrons. The Hall–Kier alpha value is -2.02. The van der Waals surface area contributed by atoms with Crippen LogP contribution in [0.4, 0.5) is 0 Å². The number of halogens is 2. The molecular formula is C21H27Cl2N3O3. The summed E-state index contributed by atoms with van der Waals surface area (Å²) in [5.41, 5.74) is 0.418. The van der Waals surface area contributed by atoms with Crippen LogP contribution in [0.3, 0.4) is 0 Å². The number of hydrogen-bond donors (Lipinski definition) is 1. The number of piperidine rings is 1. The van der Waals surface area contributed by atoms with E-state index in [4.69, 9.17) is 9.47 Å². The fourth-order valence-electron chi connectivity index (χ4n) is 3.82. The minimum Gasteiger partial charge on any atom is -0.484 e. The van der Waals surface area contributed by atoms with Gasteiger partial charge in [0.1, 0.15) is 11.5 Å². The molecule has 1 aromatic heterocycles. The molecule has 2 aromatic rings. The van der Waals surface area contributed by atoms with E-state index in [2.05, 4.69) is 10.3 Å². The third-order valence-corrected chi connectivity index (χ3v) is 5.56. The normalized spacial score (nSPS) is 17.2. The van der Waals surface area contributed by atoms with Gasteiger partial charge in [-0.25, -0.2) is 4.98 Å². The van der Waals surface area contributed by atoms with Gasteiger partial charge in [-0.3, -0.25) is 4.79 Å². The number of rotatable bonds is 5. The molecule has 0 saturated carbocycles. The summed E-state index contributed by atoms with van der Waals surface area (Å²) in [4.78, 5) is 18.5. The maximum Gasteiger partial charge on any atom is 0.260 e. The molecule has 1 spiro atoms. The van der Waals surface area contributed by atoms with E-state index >= 15 is 0 Å². The summed E-state index contributed by atoms with van der Waals surface area (Å²) in [6.07, 6.45) is 5.10. The zero-order valence-electron chi connectivity index (χ0n) is 16.2. The van der Waals surface area contributed by atoms with E-state index in [1.165, 1.54) is 6.42 Å². The van der Waals surface area contributed by atoms with E-state index < -0.39 is 0 Å². The fourth-order valence-corrected chi connectivity index (χ4v) is 3.82. The van der Waals surface area contributed by atoms with Crippen LogP contribution >= 0.6 is 24.8 Å². The van der Waals surface area contributed by atoms with Crippen LogP contribution in [0, 0.1) is 5.41 Å². The van der Waals surface area contributed by atoms with E-state index in [-0.39, 0.29) is 37.3 Å². The molecule has 1 aromatic carbocycles. The number of ether oxygens (including phenoxy) is 2. The Morgan fingerprint density at radius 3 is 2.38 bits per heavy atom. The Morgan fingerprint density at radius 1 is 1.03 bits per heavy atom. The molecule has 2 aliphatic rings.